The molecule has 0 saturated heterocycles. The summed E-state index contributed by atoms with van der Waals surface area (Å²) >= 11 is 11.8. The highest BCUT2D eigenvalue weighted by Crippen LogP contribution is 2.27. The minimum Gasteiger partial charge on any atom is -0.484 e. The second-order valence-corrected chi connectivity index (χ2v) is 4.66. The van der Waals surface area contributed by atoms with Gasteiger partial charge in [-0.2, -0.15) is 0 Å². The molecular weight excluding hydrogens is 287 g/mol. The van der Waals surface area contributed by atoms with E-state index in [1.54, 1.807) is 24.3 Å². The highest BCUT2D eigenvalue weighted by Gasteiger charge is 2.06. The standard InChI is InChI=1S/C12H12Cl2N4O/c1-7-4-11(18-15)17-12(16-7)6-19-10-3-2-8(13)5-9(10)14/h2-5H,6,15H2,1H3,(H,16,17,18). The van der Waals surface area contributed by atoms with Crippen molar-refractivity contribution in [3.05, 3.63) is 45.8 Å². The number of nitrogens with two attached hydrogens (primary N) is 1. The molecule has 0 aliphatic rings. The molecule has 5 nitrogen and oxygen atoms in total. The van der Waals surface area contributed by atoms with Crippen LogP contribution in [0.4, 0.5) is 5.82 Å². The van der Waals surface area contributed by atoms with E-state index >= 15 is 0 Å². The number of nitrogen functional groups attached to an aromatic ring is 1. The number of hydrazine groups is 1. The summed E-state index contributed by atoms with van der Waals surface area (Å²) in [5, 5.41) is 0.996. The maximum atomic E-state index is 6.00. The third-order valence-electron chi connectivity index (χ3n) is 2.30. The highest BCUT2D eigenvalue weighted by molar-refractivity contribution is 6.35. The minimum atomic E-state index is 0.192. The molecule has 3 N–H and O–H groups in total. The van der Waals surface area contributed by atoms with Gasteiger partial charge in [0.1, 0.15) is 18.2 Å². The number of halogens is 2. The van der Waals surface area contributed by atoms with Gasteiger partial charge in [0.15, 0.2) is 5.82 Å². The Labute approximate surface area is 120 Å². The van der Waals surface area contributed by atoms with Crippen LogP contribution in [-0.4, -0.2) is 9.97 Å². The number of ether oxygens (including phenoxy) is 1. The van der Waals surface area contributed by atoms with Gasteiger partial charge in [0, 0.05) is 16.8 Å². The van der Waals surface area contributed by atoms with Crippen molar-refractivity contribution in [2.75, 3.05) is 5.43 Å². The molecule has 0 unspecified atom stereocenters. The van der Waals surface area contributed by atoms with Crippen molar-refractivity contribution >= 4 is 29.0 Å². The van der Waals surface area contributed by atoms with E-state index in [0.29, 0.717) is 27.4 Å². The van der Waals surface area contributed by atoms with Crippen LogP contribution in [-0.2, 0) is 6.61 Å². The van der Waals surface area contributed by atoms with Crippen LogP contribution in [0.15, 0.2) is 24.3 Å². The third-order valence-corrected chi connectivity index (χ3v) is 2.83. The van der Waals surface area contributed by atoms with Crippen LogP contribution in [0.2, 0.25) is 10.0 Å². The van der Waals surface area contributed by atoms with Gasteiger partial charge in [0.2, 0.25) is 0 Å². The second-order valence-electron chi connectivity index (χ2n) is 3.82. The van der Waals surface area contributed by atoms with E-state index in [1.807, 2.05) is 6.92 Å². The second kappa shape index (κ2) is 6.06. The summed E-state index contributed by atoms with van der Waals surface area (Å²) in [5.41, 5.74) is 3.27. The van der Waals surface area contributed by atoms with Gasteiger partial charge in [-0.1, -0.05) is 23.2 Å². The lowest BCUT2D eigenvalue weighted by atomic mass is 10.3. The molecule has 0 radical (unpaired) electrons. The fourth-order valence-electron chi connectivity index (χ4n) is 1.50. The van der Waals surface area contributed by atoms with E-state index in [-0.39, 0.29) is 6.61 Å². The highest BCUT2D eigenvalue weighted by atomic mass is 35.5. The molecular formula is C12H12Cl2N4O. The van der Waals surface area contributed by atoms with Crippen molar-refractivity contribution in [1.29, 1.82) is 0 Å². The minimum absolute atomic E-state index is 0.192. The number of hydrogen-bond acceptors (Lipinski definition) is 5. The van der Waals surface area contributed by atoms with E-state index in [1.165, 1.54) is 0 Å². The lowest BCUT2D eigenvalue weighted by Crippen LogP contribution is -2.12. The lowest BCUT2D eigenvalue weighted by molar-refractivity contribution is 0.296. The van der Waals surface area contributed by atoms with Crippen molar-refractivity contribution in [3.63, 3.8) is 0 Å². The SMILES string of the molecule is Cc1cc(NN)nc(COc2ccc(Cl)cc2Cl)n1. The number of benzene rings is 1. The molecule has 1 aromatic carbocycles. The Morgan fingerprint density at radius 2 is 2.05 bits per heavy atom. The molecule has 7 heteroatoms. The van der Waals surface area contributed by atoms with Crippen LogP contribution in [0, 0.1) is 6.92 Å². The van der Waals surface area contributed by atoms with Crippen LogP contribution in [0.3, 0.4) is 0 Å². The average Bonchev–Trinajstić information content (AvgIpc) is 2.37. The smallest absolute Gasteiger partial charge is 0.168 e. The van der Waals surface area contributed by atoms with E-state index in [2.05, 4.69) is 15.4 Å². The number of anilines is 1. The number of aromatic nitrogens is 2. The maximum absolute atomic E-state index is 6.00. The summed E-state index contributed by atoms with van der Waals surface area (Å²) in [6, 6.07) is 6.75. The molecule has 0 spiro atoms. The summed E-state index contributed by atoms with van der Waals surface area (Å²) < 4.78 is 5.55. The van der Waals surface area contributed by atoms with E-state index in [4.69, 9.17) is 33.8 Å². The fraction of sp³-hybridized carbons (Fsp3) is 0.167. The van der Waals surface area contributed by atoms with Crippen molar-refractivity contribution in [2.45, 2.75) is 13.5 Å². The molecule has 0 aliphatic heterocycles. The average molecular weight is 299 g/mol. The molecule has 1 heterocycles. The molecule has 1 aromatic heterocycles. The molecule has 0 aliphatic carbocycles. The van der Waals surface area contributed by atoms with Crippen molar-refractivity contribution in [1.82, 2.24) is 9.97 Å². The zero-order chi connectivity index (χ0) is 13.8. The van der Waals surface area contributed by atoms with Crippen LogP contribution < -0.4 is 16.0 Å². The van der Waals surface area contributed by atoms with E-state index in [9.17, 15) is 0 Å². The first-order chi connectivity index (χ1) is 9.08. The van der Waals surface area contributed by atoms with Gasteiger partial charge in [-0.05, 0) is 25.1 Å². The topological polar surface area (TPSA) is 73.1 Å². The van der Waals surface area contributed by atoms with Gasteiger partial charge in [-0.3, -0.25) is 0 Å². The molecule has 2 rings (SSSR count). The number of nitrogens with one attached hydrogen (secondary N) is 1. The Balaban J connectivity index is 2.12. The monoisotopic (exact) mass is 298 g/mol. The van der Waals surface area contributed by atoms with Crippen molar-refractivity contribution in [3.8, 4) is 5.75 Å². The van der Waals surface area contributed by atoms with Crippen LogP contribution >= 0.6 is 23.2 Å². The van der Waals surface area contributed by atoms with Gasteiger partial charge in [0.25, 0.3) is 0 Å². The number of nitrogens with zero attached hydrogens (tertiary/aromatic N) is 2. The summed E-state index contributed by atoms with van der Waals surface area (Å²) in [5.74, 6) is 6.89. The predicted molar refractivity (Wildman–Crippen MR) is 75.4 cm³/mol. The Morgan fingerprint density at radius 1 is 1.26 bits per heavy atom. The van der Waals surface area contributed by atoms with Crippen LogP contribution in [0.5, 0.6) is 5.75 Å². The predicted octanol–water partition coefficient (Wildman–Crippen LogP) is 2.96. The quantitative estimate of drug-likeness (QED) is 0.670. The van der Waals surface area contributed by atoms with Crippen molar-refractivity contribution < 1.29 is 4.74 Å². The molecule has 0 fully saturated rings. The summed E-state index contributed by atoms with van der Waals surface area (Å²) in [6.07, 6.45) is 0. The molecule has 2 aromatic rings. The van der Waals surface area contributed by atoms with E-state index < -0.39 is 0 Å². The van der Waals surface area contributed by atoms with Gasteiger partial charge >= 0.3 is 0 Å². The number of rotatable bonds is 4. The Hall–Kier alpha value is -1.56. The summed E-state index contributed by atoms with van der Waals surface area (Å²) in [7, 11) is 0. The molecule has 0 bridgehead atoms. The zero-order valence-corrected chi connectivity index (χ0v) is 11.7. The zero-order valence-electron chi connectivity index (χ0n) is 10.2. The van der Waals surface area contributed by atoms with Crippen LogP contribution in [0.25, 0.3) is 0 Å². The summed E-state index contributed by atoms with van der Waals surface area (Å²) in [4.78, 5) is 8.42. The fourth-order valence-corrected chi connectivity index (χ4v) is 1.97. The molecule has 0 saturated carbocycles. The van der Waals surface area contributed by atoms with Gasteiger partial charge in [-0.15, -0.1) is 0 Å². The first-order valence-electron chi connectivity index (χ1n) is 5.47. The number of hydrogen-bond donors (Lipinski definition) is 2. The first kappa shape index (κ1) is 13.9. The Bertz CT molecular complexity index is 592. The summed E-state index contributed by atoms with van der Waals surface area (Å²) in [6.45, 7) is 2.04. The Kier molecular flexibility index (Phi) is 4.42. The largest absolute Gasteiger partial charge is 0.484 e. The maximum Gasteiger partial charge on any atom is 0.168 e. The van der Waals surface area contributed by atoms with Gasteiger partial charge < -0.3 is 10.2 Å². The van der Waals surface area contributed by atoms with Gasteiger partial charge in [0.05, 0.1) is 5.02 Å². The van der Waals surface area contributed by atoms with Gasteiger partial charge in [-0.25, -0.2) is 15.8 Å². The molecule has 0 atom stereocenters. The molecule has 0 amide bonds. The number of aryl methyl sites for hydroxylation is 1. The van der Waals surface area contributed by atoms with Crippen LogP contribution in [0.1, 0.15) is 11.5 Å². The normalized spacial score (nSPS) is 10.3. The molecule has 19 heavy (non-hydrogen) atoms. The first-order valence-corrected chi connectivity index (χ1v) is 6.23. The molecule has 100 valence electrons. The van der Waals surface area contributed by atoms with Crippen molar-refractivity contribution in [2.24, 2.45) is 5.84 Å². The lowest BCUT2D eigenvalue weighted by Gasteiger charge is -2.09. The Morgan fingerprint density at radius 3 is 2.74 bits per heavy atom. The van der Waals surface area contributed by atoms with E-state index in [0.717, 1.165) is 5.69 Å². The third kappa shape index (κ3) is 3.70.